The molecule has 0 saturated heterocycles. The van der Waals surface area contributed by atoms with Gasteiger partial charge >= 0.3 is 0 Å². The van der Waals surface area contributed by atoms with Crippen molar-refractivity contribution < 1.29 is 0 Å². The van der Waals surface area contributed by atoms with E-state index in [0.717, 1.165) is 42.9 Å². The SMILES string of the molecule is N#Cc1cnc2sc(-c3ccc4ccccc4c3)cc2c1Nc1ccc2[nH]ccc2c1. The lowest BCUT2D eigenvalue weighted by Crippen LogP contribution is -1.95. The number of H-pyrrole nitrogens is 1. The number of benzene rings is 3. The fourth-order valence-corrected chi connectivity index (χ4v) is 4.98. The van der Waals surface area contributed by atoms with Crippen LogP contribution in [0, 0.1) is 11.3 Å². The topological polar surface area (TPSA) is 64.5 Å². The minimum atomic E-state index is 0.532. The molecule has 0 bridgehead atoms. The highest BCUT2D eigenvalue weighted by molar-refractivity contribution is 7.22. The van der Waals surface area contributed by atoms with Crippen molar-refractivity contribution in [1.82, 2.24) is 9.97 Å². The molecule has 3 aromatic carbocycles. The van der Waals surface area contributed by atoms with Gasteiger partial charge < -0.3 is 10.3 Å². The van der Waals surface area contributed by atoms with E-state index in [9.17, 15) is 5.26 Å². The zero-order chi connectivity index (χ0) is 20.8. The van der Waals surface area contributed by atoms with Crippen LogP contribution in [0.25, 0.3) is 42.3 Å². The Morgan fingerprint density at radius 3 is 2.71 bits per heavy atom. The van der Waals surface area contributed by atoms with Gasteiger partial charge in [-0.05, 0) is 52.7 Å². The van der Waals surface area contributed by atoms with Crippen LogP contribution in [0.1, 0.15) is 5.56 Å². The van der Waals surface area contributed by atoms with Gasteiger partial charge in [0.1, 0.15) is 10.9 Å². The largest absolute Gasteiger partial charge is 0.361 e. The van der Waals surface area contributed by atoms with E-state index < -0.39 is 0 Å². The molecule has 0 fully saturated rings. The number of hydrogen-bond donors (Lipinski definition) is 2. The number of rotatable bonds is 3. The average molecular weight is 417 g/mol. The number of aromatic amines is 1. The van der Waals surface area contributed by atoms with Gasteiger partial charge in [0.15, 0.2) is 0 Å². The molecule has 0 aliphatic heterocycles. The smallest absolute Gasteiger partial charge is 0.126 e. The summed E-state index contributed by atoms with van der Waals surface area (Å²) in [5, 5.41) is 17.7. The van der Waals surface area contributed by atoms with E-state index in [1.807, 2.05) is 24.4 Å². The van der Waals surface area contributed by atoms with Crippen molar-refractivity contribution in [2.24, 2.45) is 0 Å². The van der Waals surface area contributed by atoms with Crippen molar-refractivity contribution in [2.45, 2.75) is 0 Å². The maximum Gasteiger partial charge on any atom is 0.126 e. The second-order valence-corrected chi connectivity index (χ2v) is 8.49. The molecule has 6 aromatic rings. The number of nitrogens with zero attached hydrogens (tertiary/aromatic N) is 2. The Morgan fingerprint density at radius 2 is 1.81 bits per heavy atom. The molecule has 0 saturated carbocycles. The third kappa shape index (κ3) is 3.02. The second kappa shape index (κ2) is 6.98. The summed E-state index contributed by atoms with van der Waals surface area (Å²) in [5.41, 5.74) is 4.50. The molecule has 146 valence electrons. The third-order valence-electron chi connectivity index (χ3n) is 5.54. The first-order valence-electron chi connectivity index (χ1n) is 9.94. The maximum absolute atomic E-state index is 9.71. The molecule has 0 unspecified atom stereocenters. The van der Waals surface area contributed by atoms with E-state index in [1.54, 1.807) is 17.5 Å². The quantitative estimate of drug-likeness (QED) is 0.320. The van der Waals surface area contributed by atoms with Crippen LogP contribution in [0.2, 0.25) is 0 Å². The molecule has 3 aromatic heterocycles. The van der Waals surface area contributed by atoms with Crippen LogP contribution in [-0.4, -0.2) is 9.97 Å². The number of hydrogen-bond acceptors (Lipinski definition) is 4. The summed E-state index contributed by atoms with van der Waals surface area (Å²) in [5.74, 6) is 0. The van der Waals surface area contributed by atoms with Gasteiger partial charge in [-0.25, -0.2) is 4.98 Å². The molecule has 0 aliphatic carbocycles. The van der Waals surface area contributed by atoms with Crippen molar-refractivity contribution in [3.05, 3.63) is 90.8 Å². The van der Waals surface area contributed by atoms with Crippen LogP contribution in [0.5, 0.6) is 0 Å². The highest BCUT2D eigenvalue weighted by atomic mass is 32.1. The summed E-state index contributed by atoms with van der Waals surface area (Å²) in [6.45, 7) is 0. The summed E-state index contributed by atoms with van der Waals surface area (Å²) in [7, 11) is 0. The maximum atomic E-state index is 9.71. The first-order valence-corrected chi connectivity index (χ1v) is 10.8. The highest BCUT2D eigenvalue weighted by Gasteiger charge is 2.14. The van der Waals surface area contributed by atoms with Gasteiger partial charge in [0.05, 0.1) is 11.3 Å². The van der Waals surface area contributed by atoms with Gasteiger partial charge in [0.25, 0.3) is 0 Å². The Labute approximate surface area is 182 Å². The number of anilines is 2. The van der Waals surface area contributed by atoms with Gasteiger partial charge in [-0.1, -0.05) is 36.4 Å². The normalized spacial score (nSPS) is 11.2. The number of aromatic nitrogens is 2. The second-order valence-electron chi connectivity index (χ2n) is 7.45. The van der Waals surface area contributed by atoms with Crippen molar-refractivity contribution in [3.8, 4) is 16.5 Å². The Hall–Kier alpha value is -4.14. The zero-order valence-corrected chi connectivity index (χ0v) is 17.2. The molecule has 31 heavy (non-hydrogen) atoms. The van der Waals surface area contributed by atoms with Gasteiger partial charge in [0, 0.05) is 39.2 Å². The van der Waals surface area contributed by atoms with Crippen LogP contribution in [0.3, 0.4) is 0 Å². The molecule has 6 rings (SSSR count). The lowest BCUT2D eigenvalue weighted by molar-refractivity contribution is 1.38. The van der Waals surface area contributed by atoms with E-state index in [1.165, 1.54) is 10.8 Å². The number of fused-ring (bicyclic) bond motifs is 3. The molecule has 4 nitrogen and oxygen atoms in total. The third-order valence-corrected chi connectivity index (χ3v) is 6.63. The number of nitriles is 1. The van der Waals surface area contributed by atoms with Gasteiger partial charge in [-0.2, -0.15) is 5.26 Å². The Kier molecular flexibility index (Phi) is 3.98. The van der Waals surface area contributed by atoms with Crippen molar-refractivity contribution in [2.75, 3.05) is 5.32 Å². The molecular formula is C26H16N4S. The van der Waals surface area contributed by atoms with Crippen LogP contribution in [-0.2, 0) is 0 Å². The summed E-state index contributed by atoms with van der Waals surface area (Å²) in [4.78, 5) is 9.81. The Morgan fingerprint density at radius 1 is 0.903 bits per heavy atom. The van der Waals surface area contributed by atoms with E-state index >= 15 is 0 Å². The van der Waals surface area contributed by atoms with Crippen LogP contribution >= 0.6 is 11.3 Å². The minimum absolute atomic E-state index is 0.532. The minimum Gasteiger partial charge on any atom is -0.361 e. The van der Waals surface area contributed by atoms with Crippen LogP contribution < -0.4 is 5.32 Å². The molecule has 2 N–H and O–H groups in total. The fraction of sp³-hybridized carbons (Fsp3) is 0. The lowest BCUT2D eigenvalue weighted by atomic mass is 10.1. The monoisotopic (exact) mass is 416 g/mol. The summed E-state index contributed by atoms with van der Waals surface area (Å²) in [6, 6.07) is 27.4. The van der Waals surface area contributed by atoms with Crippen molar-refractivity contribution >= 4 is 54.6 Å². The van der Waals surface area contributed by atoms with Crippen molar-refractivity contribution in [3.63, 3.8) is 0 Å². The van der Waals surface area contributed by atoms with Gasteiger partial charge in [-0.3, -0.25) is 0 Å². The highest BCUT2D eigenvalue weighted by Crippen LogP contribution is 2.39. The molecule has 0 spiro atoms. The fourth-order valence-electron chi connectivity index (χ4n) is 3.97. The van der Waals surface area contributed by atoms with E-state index in [-0.39, 0.29) is 0 Å². The van der Waals surface area contributed by atoms with E-state index in [2.05, 4.69) is 76.0 Å². The molecule has 5 heteroatoms. The first-order chi connectivity index (χ1) is 15.3. The zero-order valence-electron chi connectivity index (χ0n) is 16.4. The lowest BCUT2D eigenvalue weighted by Gasteiger charge is -2.09. The standard InChI is InChI=1S/C26H16N4S/c27-14-20-15-29-26-22(25(20)30-21-7-8-23-18(12-21)9-10-28-23)13-24(31-26)19-6-5-16-3-1-2-4-17(16)11-19/h1-13,15,28H,(H,29,30). The van der Waals surface area contributed by atoms with Crippen molar-refractivity contribution in [1.29, 1.82) is 5.26 Å². The molecule has 0 amide bonds. The van der Waals surface area contributed by atoms with Crippen LogP contribution in [0.15, 0.2) is 85.2 Å². The summed E-state index contributed by atoms with van der Waals surface area (Å²) < 4.78 is 0. The van der Waals surface area contributed by atoms with E-state index in [0.29, 0.717) is 5.56 Å². The Balaban J connectivity index is 1.48. The molecule has 0 aliphatic rings. The molecule has 0 atom stereocenters. The Bertz CT molecular complexity index is 1630. The first kappa shape index (κ1) is 17.7. The number of nitrogens with one attached hydrogen (secondary N) is 2. The molecule has 3 heterocycles. The summed E-state index contributed by atoms with van der Waals surface area (Å²) in [6.07, 6.45) is 3.58. The van der Waals surface area contributed by atoms with Crippen LogP contribution in [0.4, 0.5) is 11.4 Å². The number of thiophene rings is 1. The molecule has 0 radical (unpaired) electrons. The van der Waals surface area contributed by atoms with Gasteiger partial charge in [0.2, 0.25) is 0 Å². The number of pyridine rings is 1. The summed E-state index contributed by atoms with van der Waals surface area (Å²) >= 11 is 1.64. The average Bonchev–Trinajstić information content (AvgIpc) is 3.46. The van der Waals surface area contributed by atoms with Gasteiger partial charge in [-0.15, -0.1) is 11.3 Å². The predicted molar refractivity (Wildman–Crippen MR) is 129 cm³/mol. The predicted octanol–water partition coefficient (Wildman–Crippen LogP) is 7.21. The molecular weight excluding hydrogens is 400 g/mol. The van der Waals surface area contributed by atoms with E-state index in [4.69, 9.17) is 0 Å².